The molecule has 1 aromatic rings. The van der Waals surface area contributed by atoms with E-state index in [4.69, 9.17) is 4.18 Å². The lowest BCUT2D eigenvalue weighted by Crippen LogP contribution is -2.21. The van der Waals surface area contributed by atoms with Crippen LogP contribution in [-0.2, 0) is 4.18 Å². The Morgan fingerprint density at radius 3 is 1.31 bits per heavy atom. The highest BCUT2D eigenvalue weighted by molar-refractivity contribution is 8.30. The molecule has 1 rings (SSSR count). The number of carbonyl (C=O) groups excluding carboxylic acids is 1. The number of unbranched alkanes of at least 4 members (excludes halogenated alkanes) is 15. The van der Waals surface area contributed by atoms with Crippen LogP contribution in [0, 0.1) is 5.82 Å². The topological polar surface area (TPSA) is 26.3 Å². The van der Waals surface area contributed by atoms with Crippen molar-refractivity contribution in [2.75, 3.05) is 17.3 Å². The molecule has 0 spiro atoms. The maximum absolute atomic E-state index is 13.4. The van der Waals surface area contributed by atoms with Gasteiger partial charge in [0.25, 0.3) is 0 Å². The third-order valence-corrected chi connectivity index (χ3v) is 10.5. The lowest BCUT2D eigenvalue weighted by atomic mass is 10.1. The quantitative estimate of drug-likeness (QED) is 0.137. The fourth-order valence-corrected chi connectivity index (χ4v) is 8.13. The molecule has 0 saturated heterocycles. The summed E-state index contributed by atoms with van der Waals surface area (Å²) in [4.78, 5) is 13.2. The number of hydrogen-bond acceptors (Lipinski definition) is 2. The van der Waals surface area contributed by atoms with E-state index in [1.165, 1.54) is 108 Å². The highest BCUT2D eigenvalue weighted by atomic mass is 32.3. The molecule has 204 valence electrons. The summed E-state index contributed by atoms with van der Waals surface area (Å²) in [5.74, 6) is 2.55. The molecule has 0 heterocycles. The molecule has 0 aromatic heterocycles. The molecule has 0 bridgehead atoms. The van der Waals surface area contributed by atoms with Crippen molar-refractivity contribution in [2.24, 2.45) is 0 Å². The van der Waals surface area contributed by atoms with Crippen molar-refractivity contribution < 1.29 is 13.4 Å². The molecule has 0 fully saturated rings. The van der Waals surface area contributed by atoms with Gasteiger partial charge < -0.3 is 4.18 Å². The van der Waals surface area contributed by atoms with Gasteiger partial charge in [-0.15, -0.1) is 0 Å². The summed E-state index contributed by atoms with van der Waals surface area (Å²) in [5, 5.41) is 0. The van der Waals surface area contributed by atoms with Crippen molar-refractivity contribution in [1.82, 2.24) is 0 Å². The molecule has 0 N–H and O–H groups in total. The molecule has 1 aromatic carbocycles. The Balaban J connectivity index is 2.84. The van der Waals surface area contributed by atoms with Crippen LogP contribution >= 0.6 is 10.3 Å². The number of carbonyl (C=O) groups is 1. The second-order valence-corrected chi connectivity index (χ2v) is 13.6. The van der Waals surface area contributed by atoms with Crippen LogP contribution in [-0.4, -0.2) is 23.2 Å². The first-order valence-electron chi connectivity index (χ1n) is 14.8. The molecule has 0 unspecified atom stereocenters. The number of halogens is 1. The number of hydrogen-bond donors (Lipinski definition) is 0. The Hall–Kier alpha value is -1.03. The molecule has 0 radical (unpaired) electrons. The smallest absolute Gasteiger partial charge is 0.348 e. The van der Waals surface area contributed by atoms with Crippen LogP contribution in [0.4, 0.5) is 4.39 Å². The Morgan fingerprint density at radius 2 is 0.943 bits per heavy atom. The Labute approximate surface area is 218 Å². The third kappa shape index (κ3) is 15.6. The SMILES string of the molecule is CCCCCCCCS(CCCCCCCC)(CCCCCCCC)OC(=O)c1ccc(F)cc1. The van der Waals surface area contributed by atoms with E-state index in [1.54, 1.807) is 12.1 Å². The van der Waals surface area contributed by atoms with Crippen LogP contribution in [0.2, 0.25) is 0 Å². The van der Waals surface area contributed by atoms with Crippen LogP contribution in [0.1, 0.15) is 147 Å². The maximum Gasteiger partial charge on any atom is 0.348 e. The zero-order valence-corrected chi connectivity index (χ0v) is 24.1. The Bertz CT molecular complexity index is 591. The average molecular weight is 511 g/mol. The van der Waals surface area contributed by atoms with Gasteiger partial charge in [0, 0.05) is 17.3 Å². The third-order valence-electron chi connectivity index (χ3n) is 6.94. The van der Waals surface area contributed by atoms with Gasteiger partial charge in [-0.3, -0.25) is 0 Å². The van der Waals surface area contributed by atoms with Crippen LogP contribution in [0.3, 0.4) is 0 Å². The molecule has 0 aliphatic carbocycles. The van der Waals surface area contributed by atoms with Gasteiger partial charge in [0.2, 0.25) is 0 Å². The van der Waals surface area contributed by atoms with E-state index in [2.05, 4.69) is 20.8 Å². The van der Waals surface area contributed by atoms with Crippen molar-refractivity contribution in [1.29, 1.82) is 0 Å². The summed E-state index contributed by atoms with van der Waals surface area (Å²) < 4.78 is 19.9. The molecule has 0 saturated carbocycles. The van der Waals surface area contributed by atoms with Gasteiger partial charge in [0.05, 0.1) is 5.56 Å². The fourth-order valence-electron chi connectivity index (χ4n) is 4.66. The summed E-state index contributed by atoms with van der Waals surface area (Å²) in [7, 11) is -1.48. The number of rotatable bonds is 23. The highest BCUT2D eigenvalue weighted by Gasteiger charge is 2.28. The molecule has 0 atom stereocenters. The van der Waals surface area contributed by atoms with E-state index >= 15 is 0 Å². The molecule has 35 heavy (non-hydrogen) atoms. The van der Waals surface area contributed by atoms with Gasteiger partial charge in [-0.25, -0.2) is 9.18 Å². The standard InChI is InChI=1S/C31H55FO2S/c1-4-7-10-13-16-19-26-35(27-20-17-14-11-8-5-2,28-21-18-15-12-9-6-3)34-31(33)29-22-24-30(32)25-23-29/h22-25H,4-21,26-28H2,1-3H3. The molecule has 4 heteroatoms. The van der Waals surface area contributed by atoms with Gasteiger partial charge in [-0.1, -0.05) is 127 Å². The summed E-state index contributed by atoms with van der Waals surface area (Å²) in [6.45, 7) is 6.77. The van der Waals surface area contributed by atoms with Gasteiger partial charge in [0.1, 0.15) is 5.82 Å². The van der Waals surface area contributed by atoms with Crippen molar-refractivity contribution in [3.63, 3.8) is 0 Å². The van der Waals surface area contributed by atoms with Crippen molar-refractivity contribution in [3.05, 3.63) is 35.6 Å². The largest absolute Gasteiger partial charge is 0.412 e. The molecular formula is C31H55FO2S. The average Bonchev–Trinajstić information content (AvgIpc) is 2.86. The minimum absolute atomic E-state index is 0.247. The van der Waals surface area contributed by atoms with Crippen molar-refractivity contribution >= 4 is 16.3 Å². The van der Waals surface area contributed by atoms with E-state index in [0.717, 1.165) is 36.5 Å². The lowest BCUT2D eigenvalue weighted by molar-refractivity contribution is 0.0757. The Morgan fingerprint density at radius 1 is 0.600 bits per heavy atom. The molecule has 0 aliphatic rings. The van der Waals surface area contributed by atoms with Crippen LogP contribution in [0.25, 0.3) is 0 Å². The van der Waals surface area contributed by atoms with Crippen molar-refractivity contribution in [3.8, 4) is 0 Å². The molecule has 0 aliphatic heterocycles. The molecule has 0 amide bonds. The summed E-state index contributed by atoms with van der Waals surface area (Å²) in [6, 6.07) is 5.87. The second kappa shape index (κ2) is 21.1. The molecular weight excluding hydrogens is 455 g/mol. The second-order valence-electron chi connectivity index (χ2n) is 10.3. The zero-order valence-electron chi connectivity index (χ0n) is 23.3. The van der Waals surface area contributed by atoms with Gasteiger partial charge >= 0.3 is 5.97 Å². The zero-order chi connectivity index (χ0) is 25.6. The van der Waals surface area contributed by atoms with Crippen LogP contribution in [0.5, 0.6) is 0 Å². The first-order valence-corrected chi connectivity index (χ1v) is 16.9. The number of benzene rings is 1. The summed E-state index contributed by atoms with van der Waals surface area (Å²) in [6.07, 6.45) is 22.7. The predicted octanol–water partition coefficient (Wildman–Crippen LogP) is 10.8. The summed E-state index contributed by atoms with van der Waals surface area (Å²) >= 11 is 0. The Kier molecular flexibility index (Phi) is 19.3. The van der Waals surface area contributed by atoms with E-state index in [9.17, 15) is 9.18 Å². The maximum atomic E-state index is 13.4. The van der Waals surface area contributed by atoms with Crippen LogP contribution < -0.4 is 0 Å². The van der Waals surface area contributed by atoms with E-state index in [1.807, 2.05) is 0 Å². The fraction of sp³-hybridized carbons (Fsp3) is 0.774. The van der Waals surface area contributed by atoms with Gasteiger partial charge in [-0.05, 0) is 43.5 Å². The van der Waals surface area contributed by atoms with Crippen LogP contribution in [0.15, 0.2) is 24.3 Å². The summed E-state index contributed by atoms with van der Waals surface area (Å²) in [5.41, 5.74) is 0.483. The highest BCUT2D eigenvalue weighted by Crippen LogP contribution is 2.52. The van der Waals surface area contributed by atoms with E-state index < -0.39 is 10.3 Å². The predicted molar refractivity (Wildman–Crippen MR) is 154 cm³/mol. The lowest BCUT2D eigenvalue weighted by Gasteiger charge is -2.39. The normalized spacial score (nSPS) is 12.1. The minimum atomic E-state index is -1.48. The van der Waals surface area contributed by atoms with Gasteiger partial charge in [-0.2, -0.15) is 0 Å². The first kappa shape index (κ1) is 32.0. The van der Waals surface area contributed by atoms with E-state index in [-0.39, 0.29) is 11.8 Å². The minimum Gasteiger partial charge on any atom is -0.412 e. The first-order chi connectivity index (χ1) is 17.1. The van der Waals surface area contributed by atoms with Gasteiger partial charge in [0.15, 0.2) is 0 Å². The van der Waals surface area contributed by atoms with E-state index in [0.29, 0.717) is 5.56 Å². The van der Waals surface area contributed by atoms with Crippen molar-refractivity contribution in [2.45, 2.75) is 136 Å². The molecule has 2 nitrogen and oxygen atoms in total. The monoisotopic (exact) mass is 510 g/mol.